The Morgan fingerprint density at radius 2 is 1.77 bits per heavy atom. The number of hydrogen-bond acceptors (Lipinski definition) is 6. The minimum absolute atomic E-state index is 0.0567. The number of alkyl halides is 6. The first-order chi connectivity index (χ1) is 22.4. The van der Waals surface area contributed by atoms with Gasteiger partial charge in [0.25, 0.3) is 11.5 Å². The smallest absolute Gasteiger partial charge is 0.377 e. The van der Waals surface area contributed by atoms with E-state index in [0.29, 0.717) is 17.0 Å². The van der Waals surface area contributed by atoms with E-state index in [1.807, 2.05) is 0 Å². The molecule has 1 aliphatic heterocycles. The standard InChI is InChI=1S/C30H26F8N6O4/c1-14-9-18(29(33,34)35)23(28(47)42(14)2)17-4-3-15(44-6-5-40-26(17)44)12-21(25(39)45)41-27(46)24-19(31)10-16(11-20(24)32)43-7-8-48-13-22(43)30(36,37)38/h3-6,9-11,21-22H,7-8,12-13H2,1-2H3,(H2,39,45)(H,41,46)/t21-,22+/m0/s1. The molecule has 0 unspecified atom stereocenters. The third kappa shape index (κ3) is 6.43. The average Bonchev–Trinajstić information content (AvgIpc) is 3.49. The van der Waals surface area contributed by atoms with Crippen molar-refractivity contribution in [3.63, 3.8) is 0 Å². The SMILES string of the molecule is Cc1cc(C(F)(F)F)c(-c2ccc(C[C@H](NC(=O)c3c(F)cc(N4CCOC[C@@H]4C(F)(F)F)cc3F)C(N)=O)n3ccnc23)c(=O)n1C. The van der Waals surface area contributed by atoms with Crippen LogP contribution in [0.4, 0.5) is 40.8 Å². The van der Waals surface area contributed by atoms with Crippen molar-refractivity contribution >= 4 is 23.1 Å². The van der Waals surface area contributed by atoms with E-state index < -0.39 is 88.8 Å². The molecule has 0 bridgehead atoms. The number of nitrogens with one attached hydrogen (secondary N) is 1. The number of benzene rings is 1. The van der Waals surface area contributed by atoms with E-state index in [4.69, 9.17) is 10.5 Å². The summed E-state index contributed by atoms with van der Waals surface area (Å²) in [4.78, 5) is 43.2. The molecule has 0 saturated carbocycles. The van der Waals surface area contributed by atoms with Gasteiger partial charge in [-0.3, -0.25) is 14.4 Å². The van der Waals surface area contributed by atoms with E-state index in [-0.39, 0.29) is 35.8 Å². The van der Waals surface area contributed by atoms with Crippen LogP contribution in [0.1, 0.15) is 27.3 Å². The molecule has 48 heavy (non-hydrogen) atoms. The predicted molar refractivity (Wildman–Crippen MR) is 154 cm³/mol. The molecule has 1 fully saturated rings. The highest BCUT2D eigenvalue weighted by molar-refractivity contribution is 5.98. The maximum absolute atomic E-state index is 15.1. The maximum Gasteiger partial charge on any atom is 0.417 e. The minimum atomic E-state index is -4.90. The number of aryl methyl sites for hydroxylation is 1. The third-order valence-electron chi connectivity index (χ3n) is 8.03. The van der Waals surface area contributed by atoms with Crippen LogP contribution in [-0.2, 0) is 29.2 Å². The molecular weight excluding hydrogens is 660 g/mol. The Balaban J connectivity index is 1.46. The number of imidazole rings is 1. The van der Waals surface area contributed by atoms with Gasteiger partial charge < -0.3 is 29.7 Å². The average molecular weight is 687 g/mol. The number of carbonyl (C=O) groups is 2. The summed E-state index contributed by atoms with van der Waals surface area (Å²) in [7, 11) is 1.31. The maximum atomic E-state index is 15.1. The zero-order chi connectivity index (χ0) is 35.3. The molecule has 4 aromatic rings. The lowest BCUT2D eigenvalue weighted by Crippen LogP contribution is -2.53. The number of ether oxygens (including phenoxy) is 1. The molecule has 1 aliphatic rings. The molecule has 1 aromatic carbocycles. The van der Waals surface area contributed by atoms with Gasteiger partial charge in [-0.15, -0.1) is 0 Å². The van der Waals surface area contributed by atoms with Crippen LogP contribution < -0.4 is 21.5 Å². The molecule has 0 aliphatic carbocycles. The van der Waals surface area contributed by atoms with Crippen LogP contribution in [0.3, 0.4) is 0 Å². The first-order valence-electron chi connectivity index (χ1n) is 14.1. The highest BCUT2D eigenvalue weighted by Crippen LogP contribution is 2.37. The number of rotatable bonds is 7. The predicted octanol–water partition coefficient (Wildman–Crippen LogP) is 3.90. The number of primary amides is 1. The van der Waals surface area contributed by atoms with Crippen molar-refractivity contribution in [2.75, 3.05) is 24.7 Å². The zero-order valence-electron chi connectivity index (χ0n) is 25.0. The summed E-state index contributed by atoms with van der Waals surface area (Å²) < 4.78 is 120. The second-order valence-electron chi connectivity index (χ2n) is 11.0. The van der Waals surface area contributed by atoms with E-state index >= 15 is 8.78 Å². The zero-order valence-corrected chi connectivity index (χ0v) is 25.0. The van der Waals surface area contributed by atoms with E-state index in [0.717, 1.165) is 10.6 Å². The highest BCUT2D eigenvalue weighted by Gasteiger charge is 2.46. The quantitative estimate of drug-likeness (QED) is 0.285. The van der Waals surface area contributed by atoms with Gasteiger partial charge in [0.2, 0.25) is 5.91 Å². The summed E-state index contributed by atoms with van der Waals surface area (Å²) in [6.07, 6.45) is -7.60. The number of aromatic nitrogens is 3. The molecule has 3 aromatic heterocycles. The molecule has 256 valence electrons. The Morgan fingerprint density at radius 3 is 2.38 bits per heavy atom. The van der Waals surface area contributed by atoms with Crippen LogP contribution in [0.25, 0.3) is 16.8 Å². The fourth-order valence-corrected chi connectivity index (χ4v) is 5.52. The van der Waals surface area contributed by atoms with E-state index in [1.165, 1.54) is 42.9 Å². The summed E-state index contributed by atoms with van der Waals surface area (Å²) in [5, 5.41) is 2.11. The summed E-state index contributed by atoms with van der Waals surface area (Å²) in [6.45, 7) is 0.0858. The third-order valence-corrected chi connectivity index (χ3v) is 8.03. The van der Waals surface area contributed by atoms with Gasteiger partial charge in [0.05, 0.1) is 24.3 Å². The molecule has 3 N–H and O–H groups in total. The Hall–Kier alpha value is -5.00. The fraction of sp³-hybridized carbons (Fsp3) is 0.333. The van der Waals surface area contributed by atoms with Gasteiger partial charge in [-0.25, -0.2) is 13.8 Å². The lowest BCUT2D eigenvalue weighted by atomic mass is 9.99. The fourth-order valence-electron chi connectivity index (χ4n) is 5.52. The number of amides is 2. The Bertz CT molecular complexity index is 1950. The van der Waals surface area contributed by atoms with Crippen LogP contribution in [-0.4, -0.2) is 63.8 Å². The monoisotopic (exact) mass is 686 g/mol. The highest BCUT2D eigenvalue weighted by atomic mass is 19.4. The molecule has 0 radical (unpaired) electrons. The number of nitrogens with two attached hydrogens (primary N) is 1. The number of fused-ring (bicyclic) bond motifs is 1. The topological polar surface area (TPSA) is 124 Å². The lowest BCUT2D eigenvalue weighted by molar-refractivity contribution is -0.167. The normalized spacial score (nSPS) is 16.3. The Labute approximate surface area is 265 Å². The van der Waals surface area contributed by atoms with Crippen molar-refractivity contribution in [3.05, 3.63) is 87.2 Å². The summed E-state index contributed by atoms with van der Waals surface area (Å²) in [5.74, 6) is -5.64. The van der Waals surface area contributed by atoms with Gasteiger partial charge in [0.1, 0.15) is 34.9 Å². The first kappa shape index (κ1) is 34.3. The molecule has 2 atom stereocenters. The van der Waals surface area contributed by atoms with Crippen LogP contribution in [0.5, 0.6) is 0 Å². The molecule has 1 saturated heterocycles. The van der Waals surface area contributed by atoms with Crippen molar-refractivity contribution in [1.29, 1.82) is 0 Å². The van der Waals surface area contributed by atoms with Crippen molar-refractivity contribution < 1.29 is 49.4 Å². The lowest BCUT2D eigenvalue weighted by Gasteiger charge is -2.38. The van der Waals surface area contributed by atoms with Gasteiger partial charge in [-0.2, -0.15) is 26.3 Å². The van der Waals surface area contributed by atoms with E-state index in [1.54, 1.807) is 0 Å². The van der Waals surface area contributed by atoms with Gasteiger partial charge in [-0.05, 0) is 37.3 Å². The largest absolute Gasteiger partial charge is 0.417 e. The number of morpholine rings is 1. The second-order valence-corrected chi connectivity index (χ2v) is 11.0. The molecule has 10 nitrogen and oxygen atoms in total. The Morgan fingerprint density at radius 1 is 1.10 bits per heavy atom. The molecule has 18 heteroatoms. The second kappa shape index (κ2) is 12.6. The first-order valence-corrected chi connectivity index (χ1v) is 14.1. The molecule has 4 heterocycles. The van der Waals surface area contributed by atoms with Gasteiger partial charge >= 0.3 is 12.4 Å². The number of hydrogen-bond donors (Lipinski definition) is 2. The molecular formula is C30H26F8N6O4. The van der Waals surface area contributed by atoms with Crippen molar-refractivity contribution in [1.82, 2.24) is 19.3 Å². The van der Waals surface area contributed by atoms with Crippen LogP contribution in [0.15, 0.2) is 47.5 Å². The summed E-state index contributed by atoms with van der Waals surface area (Å²) in [5.41, 5.74) is 0.876. The van der Waals surface area contributed by atoms with Gasteiger partial charge in [0, 0.05) is 55.0 Å². The number of pyridine rings is 2. The van der Waals surface area contributed by atoms with E-state index in [2.05, 4.69) is 10.3 Å². The Kier molecular flexibility index (Phi) is 8.98. The van der Waals surface area contributed by atoms with Gasteiger partial charge in [-0.1, -0.05) is 0 Å². The van der Waals surface area contributed by atoms with Crippen LogP contribution in [0, 0.1) is 18.6 Å². The number of nitrogens with zero attached hydrogens (tertiary/aromatic N) is 4. The van der Waals surface area contributed by atoms with Gasteiger partial charge in [0.15, 0.2) is 0 Å². The van der Waals surface area contributed by atoms with Crippen LogP contribution in [0.2, 0.25) is 0 Å². The molecule has 0 spiro atoms. The van der Waals surface area contributed by atoms with E-state index in [9.17, 15) is 40.7 Å². The number of anilines is 1. The molecule has 5 rings (SSSR count). The summed E-state index contributed by atoms with van der Waals surface area (Å²) in [6, 6.07) is 0.545. The van der Waals surface area contributed by atoms with Crippen molar-refractivity contribution in [3.8, 4) is 11.1 Å². The number of halogens is 8. The number of carbonyl (C=O) groups excluding carboxylic acids is 2. The summed E-state index contributed by atoms with van der Waals surface area (Å²) >= 11 is 0. The molecule has 2 amide bonds. The minimum Gasteiger partial charge on any atom is -0.377 e. The van der Waals surface area contributed by atoms with Crippen molar-refractivity contribution in [2.45, 2.75) is 37.8 Å². The van der Waals surface area contributed by atoms with Crippen molar-refractivity contribution in [2.24, 2.45) is 12.8 Å². The van der Waals surface area contributed by atoms with Crippen LogP contribution >= 0.6 is 0 Å².